The Morgan fingerprint density at radius 2 is 1.92 bits per heavy atom. The molecule has 0 aromatic carbocycles. The third kappa shape index (κ3) is 2.87. The van der Waals surface area contributed by atoms with Crippen LogP contribution in [0.5, 0.6) is 0 Å². The minimum Gasteiger partial charge on any atom is -0.481 e. The van der Waals surface area contributed by atoms with Crippen LogP contribution in [0.2, 0.25) is 0 Å². The molecule has 1 saturated heterocycles. The van der Waals surface area contributed by atoms with Crippen molar-refractivity contribution in [3.8, 4) is 0 Å². The summed E-state index contributed by atoms with van der Waals surface area (Å²) in [5.41, 5.74) is 0. The second-order valence-corrected chi connectivity index (χ2v) is 2.93. The number of carboxylic acids is 2. The smallest absolute Gasteiger partial charge is 0.308 e. The second kappa shape index (κ2) is 3.53. The molecule has 1 rings (SSSR count). The lowest BCUT2D eigenvalue weighted by molar-refractivity contribution is -0.148. The first-order chi connectivity index (χ1) is 5.59. The maximum atomic E-state index is 10.5. The van der Waals surface area contributed by atoms with Gasteiger partial charge in [-0.15, -0.1) is 0 Å². The highest BCUT2D eigenvalue weighted by molar-refractivity contribution is 5.77. The number of carbonyl (C=O) groups is 2. The van der Waals surface area contributed by atoms with Crippen LogP contribution >= 0.6 is 0 Å². The van der Waals surface area contributed by atoms with Crippen molar-refractivity contribution in [3.63, 3.8) is 0 Å². The molecular formula is C7H11NO4. The number of rotatable bonds is 5. The first-order valence-electron chi connectivity index (χ1n) is 3.76. The molecule has 1 atom stereocenters. The van der Waals surface area contributed by atoms with Gasteiger partial charge in [-0.25, -0.2) is 0 Å². The zero-order valence-electron chi connectivity index (χ0n) is 6.56. The normalized spacial score (nSPS) is 18.7. The number of carboxylic acid groups (broad SMARTS) is 2. The minimum atomic E-state index is -1.05. The van der Waals surface area contributed by atoms with Crippen LogP contribution in [0.3, 0.4) is 0 Å². The molecule has 0 saturated carbocycles. The summed E-state index contributed by atoms with van der Waals surface area (Å²) in [5, 5.41) is 17.0. The molecule has 0 aliphatic carbocycles. The van der Waals surface area contributed by atoms with Crippen molar-refractivity contribution >= 4 is 11.9 Å². The molecule has 0 amide bonds. The summed E-state index contributed by atoms with van der Waals surface area (Å²) in [6.07, 6.45) is -0.286. The molecule has 1 fully saturated rings. The van der Waals surface area contributed by atoms with Crippen LogP contribution in [-0.4, -0.2) is 46.7 Å². The van der Waals surface area contributed by atoms with E-state index >= 15 is 0 Å². The molecule has 1 unspecified atom stereocenters. The fourth-order valence-corrected chi connectivity index (χ4v) is 1.01. The van der Waals surface area contributed by atoms with E-state index in [1.54, 1.807) is 0 Å². The Morgan fingerprint density at radius 3 is 2.25 bits per heavy atom. The molecule has 0 aromatic heterocycles. The lowest BCUT2D eigenvalue weighted by atomic mass is 10.1. The van der Waals surface area contributed by atoms with Gasteiger partial charge in [0.1, 0.15) is 0 Å². The SMILES string of the molecule is O=C(O)CC(CN1CC1)C(=O)O. The molecule has 0 aromatic rings. The highest BCUT2D eigenvalue weighted by atomic mass is 16.4. The summed E-state index contributed by atoms with van der Waals surface area (Å²) >= 11 is 0. The van der Waals surface area contributed by atoms with Gasteiger partial charge in [0.2, 0.25) is 0 Å². The summed E-state index contributed by atoms with van der Waals surface area (Å²) in [4.78, 5) is 22.6. The van der Waals surface area contributed by atoms with Gasteiger partial charge >= 0.3 is 11.9 Å². The van der Waals surface area contributed by atoms with Crippen LogP contribution in [0.25, 0.3) is 0 Å². The zero-order valence-corrected chi connectivity index (χ0v) is 6.56. The standard InChI is InChI=1S/C7H11NO4/c9-6(10)3-5(7(11)12)4-8-1-2-8/h5H,1-4H2,(H,9,10)(H,11,12). The first-order valence-corrected chi connectivity index (χ1v) is 3.76. The van der Waals surface area contributed by atoms with Crippen molar-refractivity contribution in [2.75, 3.05) is 19.6 Å². The molecule has 2 N–H and O–H groups in total. The van der Waals surface area contributed by atoms with Crippen LogP contribution in [0.4, 0.5) is 0 Å². The molecule has 1 heterocycles. The van der Waals surface area contributed by atoms with E-state index in [4.69, 9.17) is 10.2 Å². The van der Waals surface area contributed by atoms with Gasteiger partial charge in [0.05, 0.1) is 12.3 Å². The fourth-order valence-electron chi connectivity index (χ4n) is 1.01. The number of hydrogen-bond donors (Lipinski definition) is 2. The van der Waals surface area contributed by atoms with Gasteiger partial charge in [0.25, 0.3) is 0 Å². The third-order valence-electron chi connectivity index (χ3n) is 1.79. The quantitative estimate of drug-likeness (QED) is 0.547. The van der Waals surface area contributed by atoms with E-state index in [1.807, 2.05) is 4.90 Å². The average Bonchev–Trinajstić information content (AvgIpc) is 2.68. The Morgan fingerprint density at radius 1 is 1.33 bits per heavy atom. The molecular weight excluding hydrogens is 162 g/mol. The molecule has 12 heavy (non-hydrogen) atoms. The van der Waals surface area contributed by atoms with Crippen LogP contribution in [0.1, 0.15) is 6.42 Å². The predicted molar refractivity (Wildman–Crippen MR) is 39.8 cm³/mol. The Labute approximate surface area is 69.6 Å². The van der Waals surface area contributed by atoms with E-state index < -0.39 is 17.9 Å². The Balaban J connectivity index is 2.36. The van der Waals surface area contributed by atoms with Crippen molar-refractivity contribution in [1.82, 2.24) is 4.90 Å². The molecule has 0 spiro atoms. The third-order valence-corrected chi connectivity index (χ3v) is 1.79. The lowest BCUT2D eigenvalue weighted by Crippen LogP contribution is -2.25. The lowest BCUT2D eigenvalue weighted by Gasteiger charge is -2.08. The van der Waals surface area contributed by atoms with Crippen LogP contribution in [0, 0.1) is 5.92 Å². The molecule has 0 bridgehead atoms. The summed E-state index contributed by atoms with van der Waals surface area (Å²) in [6.45, 7) is 2.15. The maximum absolute atomic E-state index is 10.5. The Kier molecular flexibility index (Phi) is 2.65. The largest absolute Gasteiger partial charge is 0.481 e. The van der Waals surface area contributed by atoms with Crippen molar-refractivity contribution in [2.24, 2.45) is 5.92 Å². The Bertz CT molecular complexity index is 200. The van der Waals surface area contributed by atoms with Crippen molar-refractivity contribution in [3.05, 3.63) is 0 Å². The fraction of sp³-hybridized carbons (Fsp3) is 0.714. The van der Waals surface area contributed by atoms with Crippen molar-refractivity contribution in [1.29, 1.82) is 0 Å². The van der Waals surface area contributed by atoms with E-state index in [-0.39, 0.29) is 6.42 Å². The number of aliphatic carboxylic acids is 2. The van der Waals surface area contributed by atoms with E-state index in [0.29, 0.717) is 6.54 Å². The van der Waals surface area contributed by atoms with Crippen LogP contribution in [-0.2, 0) is 9.59 Å². The van der Waals surface area contributed by atoms with Crippen LogP contribution in [0.15, 0.2) is 0 Å². The van der Waals surface area contributed by atoms with E-state index in [1.165, 1.54) is 0 Å². The molecule has 68 valence electrons. The average molecular weight is 173 g/mol. The summed E-state index contributed by atoms with van der Waals surface area (Å²) in [6, 6.07) is 0. The number of hydrogen-bond acceptors (Lipinski definition) is 3. The maximum Gasteiger partial charge on any atom is 0.308 e. The van der Waals surface area contributed by atoms with Gasteiger partial charge in [-0.2, -0.15) is 0 Å². The van der Waals surface area contributed by atoms with Gasteiger partial charge in [-0.1, -0.05) is 0 Å². The van der Waals surface area contributed by atoms with Gasteiger partial charge in [0.15, 0.2) is 0 Å². The summed E-state index contributed by atoms with van der Waals surface area (Å²) < 4.78 is 0. The van der Waals surface area contributed by atoms with Crippen LogP contribution < -0.4 is 0 Å². The van der Waals surface area contributed by atoms with Crippen molar-refractivity contribution in [2.45, 2.75) is 6.42 Å². The number of nitrogens with zero attached hydrogens (tertiary/aromatic N) is 1. The minimum absolute atomic E-state index is 0.286. The van der Waals surface area contributed by atoms with Gasteiger partial charge in [0, 0.05) is 19.6 Å². The first kappa shape index (κ1) is 8.99. The summed E-state index contributed by atoms with van der Waals surface area (Å²) in [7, 11) is 0. The van der Waals surface area contributed by atoms with Gasteiger partial charge in [-0.05, 0) is 0 Å². The molecule has 5 heteroatoms. The summed E-state index contributed by atoms with van der Waals surface area (Å²) in [5.74, 6) is -2.83. The zero-order chi connectivity index (χ0) is 9.14. The molecule has 5 nitrogen and oxygen atoms in total. The molecule has 1 aliphatic rings. The predicted octanol–water partition coefficient (Wildman–Crippen LogP) is -0.523. The topological polar surface area (TPSA) is 77.6 Å². The van der Waals surface area contributed by atoms with E-state index in [0.717, 1.165) is 13.1 Å². The van der Waals surface area contributed by atoms with Gasteiger partial charge in [-0.3, -0.25) is 14.5 Å². The highest BCUT2D eigenvalue weighted by Crippen LogP contribution is 2.12. The highest BCUT2D eigenvalue weighted by Gasteiger charge is 2.28. The molecule has 1 aliphatic heterocycles. The Hall–Kier alpha value is -1.10. The van der Waals surface area contributed by atoms with Gasteiger partial charge < -0.3 is 10.2 Å². The second-order valence-electron chi connectivity index (χ2n) is 2.93. The monoisotopic (exact) mass is 173 g/mol. The van der Waals surface area contributed by atoms with Crippen molar-refractivity contribution < 1.29 is 19.8 Å². The molecule has 0 radical (unpaired) electrons. The van der Waals surface area contributed by atoms with E-state index in [2.05, 4.69) is 0 Å². The van der Waals surface area contributed by atoms with E-state index in [9.17, 15) is 9.59 Å².